The Morgan fingerprint density at radius 1 is 0.686 bits per heavy atom. The van der Waals surface area contributed by atoms with E-state index in [1.165, 1.54) is 0 Å². The van der Waals surface area contributed by atoms with Gasteiger partial charge in [0.25, 0.3) is 0 Å². The summed E-state index contributed by atoms with van der Waals surface area (Å²) in [4.78, 5) is 1.68. The van der Waals surface area contributed by atoms with Crippen molar-refractivity contribution in [3.05, 3.63) is 155 Å². The summed E-state index contributed by atoms with van der Waals surface area (Å²) in [6.45, 7) is 0. The lowest BCUT2D eigenvalue weighted by molar-refractivity contribution is 0.221. The number of aliphatic hydroxyl groups is 1. The summed E-state index contributed by atoms with van der Waals surface area (Å²) in [6.07, 6.45) is 3.19. The third-order valence-electron chi connectivity index (χ3n) is 6.03. The molecular formula is C30H26N4O. The Morgan fingerprint density at radius 3 is 1.63 bits per heavy atom. The highest BCUT2D eigenvalue weighted by Crippen LogP contribution is 2.39. The molecule has 0 bridgehead atoms. The molecule has 1 unspecified atom stereocenters. The molecule has 1 heterocycles. The van der Waals surface area contributed by atoms with Crippen LogP contribution in [0.5, 0.6) is 0 Å². The lowest BCUT2D eigenvalue weighted by atomic mass is 9.77. The van der Waals surface area contributed by atoms with Crippen molar-refractivity contribution in [3.63, 3.8) is 0 Å². The molecule has 1 N–H and O–H groups in total. The summed E-state index contributed by atoms with van der Waals surface area (Å²) in [6, 6.07) is 40.5. The lowest BCUT2D eigenvalue weighted by Crippen LogP contribution is -2.39. The minimum Gasteiger partial charge on any atom is -0.389 e. The average Bonchev–Trinajstić information content (AvgIpc) is 3.39. The zero-order valence-electron chi connectivity index (χ0n) is 19.2. The number of aromatic nitrogens is 4. The van der Waals surface area contributed by atoms with Crippen LogP contribution in [0.4, 0.5) is 0 Å². The maximum atomic E-state index is 10.6. The van der Waals surface area contributed by atoms with E-state index in [0.29, 0.717) is 5.82 Å². The second-order valence-electron chi connectivity index (χ2n) is 8.34. The molecule has 5 rings (SSSR count). The van der Waals surface area contributed by atoms with Gasteiger partial charge in [0, 0.05) is 6.42 Å². The molecule has 0 fully saturated rings. The molecule has 0 saturated heterocycles. The molecule has 5 heteroatoms. The van der Waals surface area contributed by atoms with E-state index in [0.717, 1.165) is 22.3 Å². The van der Waals surface area contributed by atoms with Gasteiger partial charge in [0.05, 0.1) is 6.10 Å². The Balaban J connectivity index is 1.56. The number of rotatable bonds is 8. The maximum absolute atomic E-state index is 10.6. The van der Waals surface area contributed by atoms with Crippen molar-refractivity contribution in [1.29, 1.82) is 0 Å². The van der Waals surface area contributed by atoms with E-state index in [1.54, 1.807) is 10.9 Å². The molecule has 5 aromatic rings. The molecule has 0 spiro atoms. The molecule has 4 aromatic carbocycles. The van der Waals surface area contributed by atoms with Crippen LogP contribution in [0.3, 0.4) is 0 Å². The number of hydrogen-bond acceptors (Lipinski definition) is 4. The van der Waals surface area contributed by atoms with Gasteiger partial charge in [-0.05, 0) is 27.5 Å². The summed E-state index contributed by atoms with van der Waals surface area (Å²) < 4.78 is 0. The number of benzene rings is 4. The van der Waals surface area contributed by atoms with E-state index in [9.17, 15) is 5.11 Å². The van der Waals surface area contributed by atoms with Crippen LogP contribution in [-0.2, 0) is 12.0 Å². The van der Waals surface area contributed by atoms with Crippen molar-refractivity contribution in [1.82, 2.24) is 20.2 Å². The summed E-state index contributed by atoms with van der Waals surface area (Å²) in [5, 5.41) is 24.3. The molecule has 0 aliphatic rings. The molecule has 0 aliphatic carbocycles. The largest absolute Gasteiger partial charge is 0.389 e. The number of aliphatic hydroxyl groups excluding tert-OH is 1. The van der Waals surface area contributed by atoms with E-state index in [1.807, 2.05) is 91.0 Å². The summed E-state index contributed by atoms with van der Waals surface area (Å²) in [5.41, 5.74) is 3.27. The van der Waals surface area contributed by atoms with Crippen LogP contribution in [0, 0.1) is 0 Å². The maximum Gasteiger partial charge on any atom is 0.177 e. The van der Waals surface area contributed by atoms with Gasteiger partial charge >= 0.3 is 0 Å². The average molecular weight is 459 g/mol. The Kier molecular flexibility index (Phi) is 6.59. The molecule has 0 amide bonds. The Labute approximate surface area is 205 Å². The van der Waals surface area contributed by atoms with Crippen LogP contribution in [0.2, 0.25) is 0 Å². The molecular weight excluding hydrogens is 432 g/mol. The van der Waals surface area contributed by atoms with Crippen molar-refractivity contribution in [2.45, 2.75) is 18.1 Å². The summed E-state index contributed by atoms with van der Waals surface area (Å²) in [7, 11) is 0. The van der Waals surface area contributed by atoms with E-state index in [-0.39, 0.29) is 6.42 Å². The highest BCUT2D eigenvalue weighted by Gasteiger charge is 2.41. The van der Waals surface area contributed by atoms with Crippen molar-refractivity contribution in [2.24, 2.45) is 0 Å². The summed E-state index contributed by atoms with van der Waals surface area (Å²) >= 11 is 0. The minimum absolute atomic E-state index is 0.262. The predicted octanol–water partition coefficient (Wildman–Crippen LogP) is 5.13. The SMILES string of the molecule is OC(/C=C/c1ccccc1)Cc1nnn(C(c2ccccc2)(c2ccccc2)c2ccccc2)n1. The molecule has 1 aromatic heterocycles. The zero-order chi connectivity index (χ0) is 23.9. The second-order valence-corrected chi connectivity index (χ2v) is 8.34. The number of nitrogens with zero attached hydrogens (tertiary/aromatic N) is 4. The van der Waals surface area contributed by atoms with E-state index in [2.05, 4.69) is 46.7 Å². The van der Waals surface area contributed by atoms with Gasteiger partial charge in [0.2, 0.25) is 0 Å². The van der Waals surface area contributed by atoms with Gasteiger partial charge in [-0.1, -0.05) is 133 Å². The van der Waals surface area contributed by atoms with E-state index >= 15 is 0 Å². The fourth-order valence-corrected chi connectivity index (χ4v) is 4.39. The molecule has 0 radical (unpaired) electrons. The van der Waals surface area contributed by atoms with Gasteiger partial charge in [0.1, 0.15) is 0 Å². The first-order valence-corrected chi connectivity index (χ1v) is 11.6. The molecule has 0 saturated carbocycles. The Morgan fingerprint density at radius 2 is 1.14 bits per heavy atom. The number of hydrogen-bond donors (Lipinski definition) is 1. The van der Waals surface area contributed by atoms with Crippen molar-refractivity contribution < 1.29 is 5.11 Å². The highest BCUT2D eigenvalue weighted by atomic mass is 16.3. The highest BCUT2D eigenvalue weighted by molar-refractivity contribution is 5.50. The first-order valence-electron chi connectivity index (χ1n) is 11.6. The molecule has 0 aliphatic heterocycles. The van der Waals surface area contributed by atoms with Gasteiger partial charge in [-0.25, -0.2) is 0 Å². The Hall–Kier alpha value is -4.35. The first-order chi connectivity index (χ1) is 17.3. The lowest BCUT2D eigenvalue weighted by Gasteiger charge is -2.34. The van der Waals surface area contributed by atoms with Crippen LogP contribution >= 0.6 is 0 Å². The minimum atomic E-state index is -0.820. The molecule has 1 atom stereocenters. The van der Waals surface area contributed by atoms with Gasteiger partial charge in [-0.3, -0.25) is 0 Å². The van der Waals surface area contributed by atoms with Crippen LogP contribution in [0.15, 0.2) is 127 Å². The smallest absolute Gasteiger partial charge is 0.177 e. The third kappa shape index (κ3) is 4.67. The zero-order valence-corrected chi connectivity index (χ0v) is 19.2. The van der Waals surface area contributed by atoms with Crippen molar-refractivity contribution in [2.75, 3.05) is 0 Å². The monoisotopic (exact) mass is 458 g/mol. The first kappa shape index (κ1) is 22.4. The standard InChI is InChI=1S/C30H26N4O/c35-28(22-21-24-13-5-1-6-14-24)23-29-31-33-34(32-29)30(25-15-7-2-8-16-25,26-17-9-3-10-18-26)27-19-11-4-12-20-27/h1-22,28,35H,23H2/b22-21+. The predicted molar refractivity (Wildman–Crippen MR) is 138 cm³/mol. The van der Waals surface area contributed by atoms with Crippen LogP contribution < -0.4 is 0 Å². The van der Waals surface area contributed by atoms with E-state index in [4.69, 9.17) is 5.10 Å². The quantitative estimate of drug-likeness (QED) is 0.328. The fraction of sp³-hybridized carbons (Fsp3) is 0.100. The molecule has 172 valence electrons. The topological polar surface area (TPSA) is 63.8 Å². The van der Waals surface area contributed by atoms with Gasteiger partial charge in [-0.2, -0.15) is 0 Å². The fourth-order valence-electron chi connectivity index (χ4n) is 4.39. The van der Waals surface area contributed by atoms with Crippen molar-refractivity contribution >= 4 is 6.08 Å². The van der Waals surface area contributed by atoms with Crippen LogP contribution in [-0.4, -0.2) is 31.4 Å². The van der Waals surface area contributed by atoms with Crippen LogP contribution in [0.1, 0.15) is 28.1 Å². The van der Waals surface area contributed by atoms with Crippen LogP contribution in [0.25, 0.3) is 6.08 Å². The molecule has 35 heavy (non-hydrogen) atoms. The summed E-state index contributed by atoms with van der Waals surface area (Å²) in [5.74, 6) is 0.474. The van der Waals surface area contributed by atoms with Gasteiger partial charge in [0.15, 0.2) is 11.4 Å². The van der Waals surface area contributed by atoms with Gasteiger partial charge in [-0.15, -0.1) is 15.0 Å². The third-order valence-corrected chi connectivity index (χ3v) is 6.03. The van der Waals surface area contributed by atoms with Gasteiger partial charge < -0.3 is 5.11 Å². The Bertz CT molecular complexity index is 1270. The van der Waals surface area contributed by atoms with E-state index < -0.39 is 11.6 Å². The number of tetrazole rings is 1. The normalized spacial score (nSPS) is 12.6. The second kappa shape index (κ2) is 10.3. The molecule has 5 nitrogen and oxygen atoms in total. The van der Waals surface area contributed by atoms with Crippen molar-refractivity contribution in [3.8, 4) is 0 Å².